The van der Waals surface area contributed by atoms with Crippen molar-refractivity contribution in [1.82, 2.24) is 9.80 Å². The molecular weight excluding hydrogens is 291 g/mol. The Hall–Kier alpha value is -0.970. The fourth-order valence-electron chi connectivity index (χ4n) is 4.17. The number of hydrogen-bond acceptors (Lipinski definition) is 3. The van der Waals surface area contributed by atoms with Gasteiger partial charge in [0.25, 0.3) is 0 Å². The van der Waals surface area contributed by atoms with E-state index in [-0.39, 0.29) is 12.4 Å². The lowest BCUT2D eigenvalue weighted by molar-refractivity contribution is 0.0217. The van der Waals surface area contributed by atoms with E-state index in [1.165, 1.54) is 38.2 Å². The third kappa shape index (κ3) is 4.31. The van der Waals surface area contributed by atoms with Crippen molar-refractivity contribution in [2.75, 3.05) is 26.2 Å². The molecule has 0 spiro atoms. The van der Waals surface area contributed by atoms with Gasteiger partial charge >= 0.3 is 0 Å². The molecule has 1 unspecified atom stereocenters. The average molecular weight is 320 g/mol. The van der Waals surface area contributed by atoms with Crippen molar-refractivity contribution in [2.24, 2.45) is 0 Å². The van der Waals surface area contributed by atoms with Gasteiger partial charge in [-0.05, 0) is 25.3 Å². The minimum atomic E-state index is -0.120. The normalized spacial score (nSPS) is 24.9. The Morgan fingerprint density at radius 1 is 1.09 bits per heavy atom. The van der Waals surface area contributed by atoms with Crippen molar-refractivity contribution in [1.29, 1.82) is 0 Å². The first-order chi connectivity index (χ1) is 11.3. The zero-order chi connectivity index (χ0) is 16.1. The van der Waals surface area contributed by atoms with Crippen LogP contribution in [-0.4, -0.2) is 53.2 Å². The number of hydrogen-bond donors (Lipinski definition) is 1. The second kappa shape index (κ2) is 8.22. The lowest BCUT2D eigenvalue weighted by Gasteiger charge is -2.45. The number of aliphatic hydroxyl groups excluding tert-OH is 1. The number of benzene rings is 1. The van der Waals surface area contributed by atoms with Crippen LogP contribution in [0, 0.1) is 5.82 Å². The summed E-state index contributed by atoms with van der Waals surface area (Å²) in [6, 6.07) is 8.10. The largest absolute Gasteiger partial charge is 0.396 e. The van der Waals surface area contributed by atoms with Gasteiger partial charge in [-0.2, -0.15) is 0 Å². The van der Waals surface area contributed by atoms with Crippen LogP contribution in [0.25, 0.3) is 0 Å². The smallest absolute Gasteiger partial charge is 0.127 e. The zero-order valence-electron chi connectivity index (χ0n) is 14.0. The third-order valence-corrected chi connectivity index (χ3v) is 5.52. The van der Waals surface area contributed by atoms with Gasteiger partial charge in [0.1, 0.15) is 5.82 Å². The highest BCUT2D eigenvalue weighted by Gasteiger charge is 2.31. The zero-order valence-corrected chi connectivity index (χ0v) is 14.0. The van der Waals surface area contributed by atoms with Crippen LogP contribution in [0.5, 0.6) is 0 Å². The van der Waals surface area contributed by atoms with E-state index in [0.29, 0.717) is 12.6 Å². The van der Waals surface area contributed by atoms with E-state index in [9.17, 15) is 9.50 Å². The van der Waals surface area contributed by atoms with Gasteiger partial charge in [0, 0.05) is 50.4 Å². The summed E-state index contributed by atoms with van der Waals surface area (Å²) >= 11 is 0. The SMILES string of the molecule is OCCC1CN(C2CCCCC2)CCN1Cc1ccccc1F. The third-order valence-electron chi connectivity index (χ3n) is 5.52. The number of piperazine rings is 1. The molecule has 23 heavy (non-hydrogen) atoms. The van der Waals surface area contributed by atoms with Gasteiger partial charge in [-0.1, -0.05) is 37.5 Å². The van der Waals surface area contributed by atoms with E-state index in [4.69, 9.17) is 0 Å². The molecule has 4 heteroatoms. The van der Waals surface area contributed by atoms with Crippen molar-refractivity contribution in [3.63, 3.8) is 0 Å². The Morgan fingerprint density at radius 3 is 2.61 bits per heavy atom. The molecule has 3 nitrogen and oxygen atoms in total. The Labute approximate surface area is 139 Å². The summed E-state index contributed by atoms with van der Waals surface area (Å²) < 4.78 is 13.9. The molecule has 1 heterocycles. The molecule has 1 aliphatic heterocycles. The topological polar surface area (TPSA) is 26.7 Å². The Bertz CT molecular complexity index is 490. The van der Waals surface area contributed by atoms with Gasteiger partial charge in [0.2, 0.25) is 0 Å². The highest BCUT2D eigenvalue weighted by molar-refractivity contribution is 5.17. The van der Waals surface area contributed by atoms with E-state index in [1.54, 1.807) is 6.07 Å². The molecule has 0 amide bonds. The molecule has 2 fully saturated rings. The van der Waals surface area contributed by atoms with Crippen molar-refractivity contribution in [3.8, 4) is 0 Å². The molecular formula is C19H29FN2O. The van der Waals surface area contributed by atoms with E-state index in [0.717, 1.165) is 37.7 Å². The quantitative estimate of drug-likeness (QED) is 0.903. The number of halogens is 1. The Kier molecular flexibility index (Phi) is 6.03. The molecule has 128 valence electrons. The van der Waals surface area contributed by atoms with Crippen LogP contribution < -0.4 is 0 Å². The summed E-state index contributed by atoms with van der Waals surface area (Å²) in [4.78, 5) is 4.98. The molecule has 0 radical (unpaired) electrons. The summed E-state index contributed by atoms with van der Waals surface area (Å²) in [6.07, 6.45) is 7.50. The molecule has 1 saturated heterocycles. The number of rotatable bonds is 5. The van der Waals surface area contributed by atoms with E-state index in [2.05, 4.69) is 9.80 Å². The summed E-state index contributed by atoms with van der Waals surface area (Å²) in [5, 5.41) is 9.43. The van der Waals surface area contributed by atoms with Crippen LogP contribution in [0.4, 0.5) is 4.39 Å². The van der Waals surface area contributed by atoms with Crippen LogP contribution in [0.2, 0.25) is 0 Å². The highest BCUT2D eigenvalue weighted by Crippen LogP contribution is 2.26. The average Bonchev–Trinajstić information content (AvgIpc) is 2.59. The standard InChI is InChI=1S/C19H29FN2O/c20-19-9-5-4-6-16(19)14-21-11-12-22(15-18(21)10-13-23)17-7-2-1-3-8-17/h4-6,9,17-18,23H,1-3,7-8,10-15H2. The van der Waals surface area contributed by atoms with Crippen LogP contribution >= 0.6 is 0 Å². The molecule has 3 rings (SSSR count). The monoisotopic (exact) mass is 320 g/mol. The summed E-state index contributed by atoms with van der Waals surface area (Å²) in [6.45, 7) is 3.91. The molecule has 0 bridgehead atoms. The van der Waals surface area contributed by atoms with E-state index >= 15 is 0 Å². The summed E-state index contributed by atoms with van der Waals surface area (Å²) in [5.74, 6) is -0.120. The van der Waals surface area contributed by atoms with Gasteiger partial charge in [-0.15, -0.1) is 0 Å². The van der Waals surface area contributed by atoms with Gasteiger partial charge < -0.3 is 5.11 Å². The molecule has 1 aromatic carbocycles. The van der Waals surface area contributed by atoms with E-state index in [1.807, 2.05) is 12.1 Å². The lowest BCUT2D eigenvalue weighted by Crippen LogP contribution is -2.56. The number of nitrogens with zero attached hydrogens (tertiary/aromatic N) is 2. The first kappa shape index (κ1) is 16.9. The van der Waals surface area contributed by atoms with Gasteiger partial charge in [-0.25, -0.2) is 4.39 Å². The Balaban J connectivity index is 1.63. The van der Waals surface area contributed by atoms with Gasteiger partial charge in [0.05, 0.1) is 0 Å². The van der Waals surface area contributed by atoms with Crippen molar-refractivity contribution >= 4 is 0 Å². The summed E-state index contributed by atoms with van der Waals surface area (Å²) in [5.41, 5.74) is 0.765. The van der Waals surface area contributed by atoms with Crippen molar-refractivity contribution in [3.05, 3.63) is 35.6 Å². The first-order valence-corrected chi connectivity index (χ1v) is 9.10. The fraction of sp³-hybridized carbons (Fsp3) is 0.684. The molecule has 1 aromatic rings. The molecule has 1 saturated carbocycles. The minimum Gasteiger partial charge on any atom is -0.396 e. The van der Waals surface area contributed by atoms with Gasteiger partial charge in [0.15, 0.2) is 0 Å². The van der Waals surface area contributed by atoms with Crippen LogP contribution in [0.15, 0.2) is 24.3 Å². The molecule has 2 aliphatic rings. The van der Waals surface area contributed by atoms with Crippen molar-refractivity contribution < 1.29 is 9.50 Å². The second-order valence-electron chi connectivity index (χ2n) is 7.01. The first-order valence-electron chi connectivity index (χ1n) is 9.10. The van der Waals surface area contributed by atoms with E-state index < -0.39 is 0 Å². The highest BCUT2D eigenvalue weighted by atomic mass is 19.1. The predicted octanol–water partition coefficient (Wildman–Crippen LogP) is 3.03. The molecule has 1 N–H and O–H groups in total. The Morgan fingerprint density at radius 2 is 1.87 bits per heavy atom. The maximum atomic E-state index is 13.9. The van der Waals surface area contributed by atoms with Gasteiger partial charge in [-0.3, -0.25) is 9.80 Å². The van der Waals surface area contributed by atoms with Crippen LogP contribution in [-0.2, 0) is 6.54 Å². The predicted molar refractivity (Wildman–Crippen MR) is 90.7 cm³/mol. The lowest BCUT2D eigenvalue weighted by atomic mass is 9.92. The molecule has 0 aromatic heterocycles. The summed E-state index contributed by atoms with van der Waals surface area (Å²) in [7, 11) is 0. The minimum absolute atomic E-state index is 0.120. The maximum Gasteiger partial charge on any atom is 0.127 e. The molecule has 1 atom stereocenters. The fourth-order valence-corrected chi connectivity index (χ4v) is 4.17. The van der Waals surface area contributed by atoms with Crippen LogP contribution in [0.1, 0.15) is 44.1 Å². The number of aliphatic hydroxyl groups is 1. The maximum absolute atomic E-state index is 13.9. The second-order valence-corrected chi connectivity index (χ2v) is 7.01. The van der Waals surface area contributed by atoms with Crippen molar-refractivity contribution in [2.45, 2.75) is 57.2 Å². The van der Waals surface area contributed by atoms with Crippen LogP contribution in [0.3, 0.4) is 0 Å². The molecule has 1 aliphatic carbocycles.